The molecule has 0 saturated heterocycles. The van der Waals surface area contributed by atoms with Crippen LogP contribution in [-0.4, -0.2) is 9.13 Å². The number of fused-ring (bicyclic) bond motifs is 5. The second-order valence-electron chi connectivity index (χ2n) is 14.2. The smallest absolute Gasteiger partial charge is 0.258 e. The van der Waals surface area contributed by atoms with Crippen molar-refractivity contribution in [2.75, 3.05) is 0 Å². The third-order valence-electron chi connectivity index (χ3n) is 11.1. The van der Waals surface area contributed by atoms with Crippen molar-refractivity contribution in [3.8, 4) is 11.4 Å². The number of unbranched alkanes of at least 4 members (excludes halogenated alkanes) is 5. The number of para-hydroxylation sites is 2. The fraction of sp³-hybridized carbons (Fsp3) is 0.188. The van der Waals surface area contributed by atoms with E-state index in [0.29, 0.717) is 6.54 Å². The van der Waals surface area contributed by atoms with Gasteiger partial charge in [-0.05, 0) is 42.8 Å². The number of benzene rings is 6. The van der Waals surface area contributed by atoms with E-state index in [1.54, 1.807) is 0 Å². The molecule has 4 nitrogen and oxygen atoms in total. The molecular formula is C48H42N2O2. The zero-order valence-corrected chi connectivity index (χ0v) is 29.6. The van der Waals surface area contributed by atoms with Crippen LogP contribution in [0.25, 0.3) is 61.7 Å². The van der Waals surface area contributed by atoms with Gasteiger partial charge < -0.3 is 13.9 Å². The fourth-order valence-electron chi connectivity index (χ4n) is 8.45. The fourth-order valence-corrected chi connectivity index (χ4v) is 8.45. The minimum Gasteiger partial charge on any atom is -0.472 e. The van der Waals surface area contributed by atoms with Gasteiger partial charge in [0.25, 0.3) is 5.56 Å². The molecule has 256 valence electrons. The molecule has 8 aromatic rings. The lowest BCUT2D eigenvalue weighted by Gasteiger charge is -2.37. The van der Waals surface area contributed by atoms with Crippen molar-refractivity contribution in [2.24, 2.45) is 0 Å². The maximum atomic E-state index is 14.1. The topological polar surface area (TPSA) is 36.2 Å². The molecule has 3 heterocycles. The summed E-state index contributed by atoms with van der Waals surface area (Å²) < 4.78 is 11.5. The second-order valence-corrected chi connectivity index (χ2v) is 14.2. The molecular weight excluding hydrogens is 637 g/mol. The zero-order valence-electron chi connectivity index (χ0n) is 29.6. The van der Waals surface area contributed by atoms with Crippen molar-refractivity contribution < 1.29 is 4.74 Å². The lowest BCUT2D eigenvalue weighted by atomic mass is 9.83. The maximum Gasteiger partial charge on any atom is 0.258 e. The lowest BCUT2D eigenvalue weighted by molar-refractivity contribution is 0.163. The summed E-state index contributed by atoms with van der Waals surface area (Å²) in [5.41, 5.74) is 5.56. The normalized spacial score (nSPS) is 15.5. The van der Waals surface area contributed by atoms with Gasteiger partial charge in [-0.1, -0.05) is 149 Å². The SMILES string of the molecule is C=c1c2cccc3c4c(cc(c(=O)n1CCCCCCCC)c32)C=CC(c1ccccc1)(c1ccc(-n2c3ccccc3c3ccccc32)cc1)O4. The predicted octanol–water partition coefficient (Wildman–Crippen LogP) is 11.1. The van der Waals surface area contributed by atoms with Crippen LogP contribution in [0.15, 0.2) is 138 Å². The van der Waals surface area contributed by atoms with Crippen molar-refractivity contribution in [1.82, 2.24) is 9.13 Å². The quantitative estimate of drug-likeness (QED) is 0.135. The van der Waals surface area contributed by atoms with Gasteiger partial charge in [0.15, 0.2) is 5.60 Å². The van der Waals surface area contributed by atoms with Crippen LogP contribution < -0.4 is 15.6 Å². The van der Waals surface area contributed by atoms with Crippen LogP contribution in [0.2, 0.25) is 0 Å². The highest BCUT2D eigenvalue weighted by atomic mass is 16.5. The first-order valence-corrected chi connectivity index (χ1v) is 18.7. The van der Waals surface area contributed by atoms with Gasteiger partial charge in [0.05, 0.1) is 11.0 Å². The number of nitrogens with zero attached hydrogens (tertiary/aromatic N) is 2. The van der Waals surface area contributed by atoms with Crippen LogP contribution in [0.4, 0.5) is 0 Å². The average Bonchev–Trinajstić information content (AvgIpc) is 3.54. The third kappa shape index (κ3) is 5.08. The molecule has 4 heteroatoms. The molecule has 1 unspecified atom stereocenters. The van der Waals surface area contributed by atoms with Gasteiger partial charge in [-0.3, -0.25) is 4.79 Å². The summed E-state index contributed by atoms with van der Waals surface area (Å²) in [5.74, 6) is 0.781. The molecule has 0 radical (unpaired) electrons. The summed E-state index contributed by atoms with van der Waals surface area (Å²) in [4.78, 5) is 14.1. The minimum atomic E-state index is -0.882. The maximum absolute atomic E-state index is 14.1. The molecule has 6 aromatic carbocycles. The first-order valence-electron chi connectivity index (χ1n) is 18.7. The van der Waals surface area contributed by atoms with Crippen molar-refractivity contribution in [1.29, 1.82) is 0 Å². The molecule has 0 N–H and O–H groups in total. The van der Waals surface area contributed by atoms with Gasteiger partial charge in [-0.2, -0.15) is 0 Å². The number of pyridine rings is 1. The van der Waals surface area contributed by atoms with Crippen molar-refractivity contribution in [3.63, 3.8) is 0 Å². The molecule has 1 aliphatic heterocycles. The number of ether oxygens (including phenoxy) is 1. The molecule has 0 amide bonds. The molecule has 1 atom stereocenters. The Labute approximate surface area is 303 Å². The van der Waals surface area contributed by atoms with Crippen LogP contribution >= 0.6 is 0 Å². The average molecular weight is 679 g/mol. The highest BCUT2D eigenvalue weighted by molar-refractivity contribution is 6.13. The predicted molar refractivity (Wildman–Crippen MR) is 217 cm³/mol. The molecule has 0 fully saturated rings. The van der Waals surface area contributed by atoms with E-state index in [9.17, 15) is 4.79 Å². The van der Waals surface area contributed by atoms with E-state index in [-0.39, 0.29) is 5.56 Å². The third-order valence-corrected chi connectivity index (χ3v) is 11.1. The van der Waals surface area contributed by atoms with E-state index in [4.69, 9.17) is 4.74 Å². The van der Waals surface area contributed by atoms with E-state index in [2.05, 4.69) is 145 Å². The van der Waals surface area contributed by atoms with Gasteiger partial charge in [-0.25, -0.2) is 0 Å². The largest absolute Gasteiger partial charge is 0.472 e. The summed E-state index contributed by atoms with van der Waals surface area (Å²) >= 11 is 0. The lowest BCUT2D eigenvalue weighted by Crippen LogP contribution is -2.35. The summed E-state index contributed by atoms with van der Waals surface area (Å²) in [6.07, 6.45) is 11.3. The molecule has 0 bridgehead atoms. The van der Waals surface area contributed by atoms with E-state index < -0.39 is 5.60 Å². The van der Waals surface area contributed by atoms with E-state index >= 15 is 0 Å². The molecule has 0 aliphatic carbocycles. The summed E-state index contributed by atoms with van der Waals surface area (Å²) in [6.45, 7) is 7.37. The monoisotopic (exact) mass is 678 g/mol. The first kappa shape index (κ1) is 32.1. The van der Waals surface area contributed by atoms with Crippen LogP contribution in [0, 0.1) is 0 Å². The van der Waals surface area contributed by atoms with Crippen LogP contribution in [0.1, 0.15) is 62.1 Å². The summed E-state index contributed by atoms with van der Waals surface area (Å²) in [5, 5.41) is 6.84. The summed E-state index contributed by atoms with van der Waals surface area (Å²) in [7, 11) is 0. The Balaban J connectivity index is 1.15. The number of hydrogen-bond donors (Lipinski definition) is 0. The Morgan fingerprint density at radius 3 is 1.98 bits per heavy atom. The van der Waals surface area contributed by atoms with Crippen LogP contribution in [0.3, 0.4) is 0 Å². The molecule has 1 aliphatic rings. The Kier molecular flexibility index (Phi) is 8.03. The van der Waals surface area contributed by atoms with Gasteiger partial charge >= 0.3 is 0 Å². The highest BCUT2D eigenvalue weighted by Crippen LogP contribution is 2.46. The molecule has 0 saturated carbocycles. The minimum absolute atomic E-state index is 0.0269. The van der Waals surface area contributed by atoms with Gasteiger partial charge in [0, 0.05) is 66.6 Å². The van der Waals surface area contributed by atoms with Gasteiger partial charge in [-0.15, -0.1) is 0 Å². The van der Waals surface area contributed by atoms with E-state index in [1.807, 2.05) is 16.7 Å². The van der Waals surface area contributed by atoms with Gasteiger partial charge in [0.1, 0.15) is 5.75 Å². The molecule has 0 spiro atoms. The number of hydrogen-bond acceptors (Lipinski definition) is 2. The van der Waals surface area contributed by atoms with E-state index in [1.165, 1.54) is 47.5 Å². The standard InChI is InChI=1S/C48H42N2O2/c1-3-4-5-6-7-15-31-49-33(2)38-21-16-22-41-45(38)42(47(49)51)32-34-29-30-48(52-46(34)41,35-17-9-8-10-18-35)36-25-27-37(28-26-36)50-43-23-13-11-19-39(43)40-20-12-14-24-44(40)50/h8-14,16-30,32H,2-7,15,31H2,1H3. The Morgan fingerprint density at radius 1 is 0.635 bits per heavy atom. The first-order chi connectivity index (χ1) is 25.6. The number of aromatic nitrogens is 2. The van der Waals surface area contributed by atoms with Crippen molar-refractivity contribution in [3.05, 3.63) is 166 Å². The number of rotatable bonds is 10. The summed E-state index contributed by atoms with van der Waals surface area (Å²) in [6, 6.07) is 44.7. The Hall–Kier alpha value is -5.87. The van der Waals surface area contributed by atoms with Crippen LogP contribution in [-0.2, 0) is 12.1 Å². The second kappa shape index (κ2) is 13.0. The van der Waals surface area contributed by atoms with Crippen molar-refractivity contribution in [2.45, 2.75) is 57.6 Å². The van der Waals surface area contributed by atoms with Gasteiger partial charge in [0.2, 0.25) is 0 Å². The van der Waals surface area contributed by atoms with E-state index in [0.717, 1.165) is 67.9 Å². The molecule has 2 aromatic heterocycles. The molecule has 52 heavy (non-hydrogen) atoms. The Morgan fingerprint density at radius 2 is 1.25 bits per heavy atom. The Bertz CT molecular complexity index is 2680. The molecule has 9 rings (SSSR count). The zero-order chi connectivity index (χ0) is 35.2. The van der Waals surface area contributed by atoms with Crippen LogP contribution in [0.5, 0.6) is 5.75 Å². The van der Waals surface area contributed by atoms with Crippen molar-refractivity contribution >= 4 is 56.0 Å². The highest BCUT2D eigenvalue weighted by Gasteiger charge is 2.38.